The van der Waals surface area contributed by atoms with Crippen molar-refractivity contribution < 1.29 is 0 Å². The Labute approximate surface area is 127 Å². The first-order chi connectivity index (χ1) is 10.2. The molecule has 21 heavy (non-hydrogen) atoms. The average molecular weight is 281 g/mol. The lowest BCUT2D eigenvalue weighted by Gasteiger charge is -2.21. The maximum atomic E-state index is 4.76. The zero-order valence-corrected chi connectivity index (χ0v) is 12.8. The van der Waals surface area contributed by atoms with Gasteiger partial charge >= 0.3 is 0 Å². The van der Waals surface area contributed by atoms with Crippen LogP contribution >= 0.6 is 0 Å². The highest BCUT2D eigenvalue weighted by atomic mass is 15.1. The number of para-hydroxylation sites is 1. The lowest BCUT2D eigenvalue weighted by Crippen LogP contribution is -2.20. The van der Waals surface area contributed by atoms with Gasteiger partial charge in [-0.25, -0.2) is 0 Å². The van der Waals surface area contributed by atoms with E-state index in [0.29, 0.717) is 0 Å². The molecular weight excluding hydrogens is 258 g/mol. The Balaban J connectivity index is 1.66. The molecule has 0 spiro atoms. The van der Waals surface area contributed by atoms with Crippen molar-refractivity contribution >= 4 is 5.69 Å². The Kier molecular flexibility index (Phi) is 4.20. The Morgan fingerprint density at radius 3 is 2.62 bits per heavy atom. The van der Waals surface area contributed by atoms with Crippen LogP contribution in [0.4, 0.5) is 5.69 Å². The Morgan fingerprint density at radius 2 is 1.86 bits per heavy atom. The largest absolute Gasteiger partial charge is 0.368 e. The van der Waals surface area contributed by atoms with Crippen molar-refractivity contribution in [2.45, 2.75) is 38.9 Å². The zero-order chi connectivity index (χ0) is 14.7. The number of benzene rings is 1. The molecule has 0 aliphatic heterocycles. The fourth-order valence-corrected chi connectivity index (χ4v) is 2.57. The standard InChI is InChI=1S/C18H23N3/c1-14-6-3-4-9-18(14)21(2)13-17-8-5-7-16(20-17)12-19-15-10-11-15/h3-9,15,19H,10-13H2,1-2H3. The van der Waals surface area contributed by atoms with Crippen molar-refractivity contribution in [2.75, 3.05) is 11.9 Å². The van der Waals surface area contributed by atoms with Crippen LogP contribution in [0.5, 0.6) is 0 Å². The first kappa shape index (κ1) is 14.1. The van der Waals surface area contributed by atoms with Crippen LogP contribution in [0.3, 0.4) is 0 Å². The summed E-state index contributed by atoms with van der Waals surface area (Å²) in [7, 11) is 2.12. The van der Waals surface area contributed by atoms with Gasteiger partial charge in [0.25, 0.3) is 0 Å². The van der Waals surface area contributed by atoms with Crippen molar-refractivity contribution in [2.24, 2.45) is 0 Å². The third kappa shape index (κ3) is 3.82. The van der Waals surface area contributed by atoms with E-state index in [9.17, 15) is 0 Å². The Hall–Kier alpha value is -1.87. The molecule has 110 valence electrons. The molecule has 0 atom stereocenters. The summed E-state index contributed by atoms with van der Waals surface area (Å²) in [5.74, 6) is 0. The first-order valence-corrected chi connectivity index (χ1v) is 7.67. The molecule has 3 rings (SSSR count). The molecule has 0 saturated heterocycles. The van der Waals surface area contributed by atoms with Crippen LogP contribution in [-0.4, -0.2) is 18.1 Å². The molecule has 3 heteroatoms. The molecule has 0 bridgehead atoms. The van der Waals surface area contributed by atoms with Gasteiger partial charge < -0.3 is 10.2 Å². The molecule has 0 radical (unpaired) electrons. The molecule has 1 aromatic heterocycles. The van der Waals surface area contributed by atoms with E-state index >= 15 is 0 Å². The normalized spacial score (nSPS) is 14.2. The van der Waals surface area contributed by atoms with Crippen LogP contribution in [0, 0.1) is 6.92 Å². The van der Waals surface area contributed by atoms with Gasteiger partial charge in [-0.3, -0.25) is 4.98 Å². The highest BCUT2D eigenvalue weighted by Crippen LogP contribution is 2.20. The third-order valence-electron chi connectivity index (χ3n) is 3.94. The van der Waals surface area contributed by atoms with Gasteiger partial charge in [0.1, 0.15) is 0 Å². The molecule has 1 saturated carbocycles. The number of hydrogen-bond acceptors (Lipinski definition) is 3. The second kappa shape index (κ2) is 6.27. The zero-order valence-electron chi connectivity index (χ0n) is 12.8. The Bertz CT molecular complexity index is 605. The number of hydrogen-bond donors (Lipinski definition) is 1. The highest BCUT2D eigenvalue weighted by Gasteiger charge is 2.20. The molecule has 1 aliphatic rings. The fraction of sp³-hybridized carbons (Fsp3) is 0.389. The van der Waals surface area contributed by atoms with Crippen LogP contribution in [0.1, 0.15) is 29.8 Å². The number of nitrogens with zero attached hydrogens (tertiary/aromatic N) is 2. The molecule has 1 N–H and O–H groups in total. The van der Waals surface area contributed by atoms with Gasteiger partial charge in [0.15, 0.2) is 0 Å². The van der Waals surface area contributed by atoms with Crippen molar-refractivity contribution in [3.05, 3.63) is 59.4 Å². The topological polar surface area (TPSA) is 28.2 Å². The number of anilines is 1. The van der Waals surface area contributed by atoms with E-state index in [4.69, 9.17) is 4.98 Å². The van der Waals surface area contributed by atoms with Crippen molar-refractivity contribution in [1.82, 2.24) is 10.3 Å². The van der Waals surface area contributed by atoms with Crippen LogP contribution in [0.2, 0.25) is 0 Å². The minimum absolute atomic E-state index is 0.727. The van der Waals surface area contributed by atoms with Crippen LogP contribution in [0.15, 0.2) is 42.5 Å². The first-order valence-electron chi connectivity index (χ1n) is 7.67. The summed E-state index contributed by atoms with van der Waals surface area (Å²) in [5.41, 5.74) is 4.82. The van der Waals surface area contributed by atoms with E-state index < -0.39 is 0 Å². The number of pyridine rings is 1. The predicted molar refractivity (Wildman–Crippen MR) is 87.4 cm³/mol. The second-order valence-corrected chi connectivity index (χ2v) is 5.92. The minimum Gasteiger partial charge on any atom is -0.368 e. The quantitative estimate of drug-likeness (QED) is 0.880. The summed E-state index contributed by atoms with van der Waals surface area (Å²) in [6.07, 6.45) is 2.63. The maximum Gasteiger partial charge on any atom is 0.0600 e. The van der Waals surface area contributed by atoms with Gasteiger partial charge in [-0.05, 0) is 43.5 Å². The van der Waals surface area contributed by atoms with Gasteiger partial charge in [-0.15, -0.1) is 0 Å². The molecule has 0 unspecified atom stereocenters. The lowest BCUT2D eigenvalue weighted by molar-refractivity contribution is 0.670. The lowest BCUT2D eigenvalue weighted by atomic mass is 10.2. The van der Waals surface area contributed by atoms with E-state index in [1.165, 1.54) is 24.1 Å². The molecule has 0 amide bonds. The fourth-order valence-electron chi connectivity index (χ4n) is 2.57. The van der Waals surface area contributed by atoms with E-state index in [2.05, 4.69) is 66.7 Å². The third-order valence-corrected chi connectivity index (χ3v) is 3.94. The van der Waals surface area contributed by atoms with Crippen LogP contribution in [-0.2, 0) is 13.1 Å². The van der Waals surface area contributed by atoms with Gasteiger partial charge in [-0.2, -0.15) is 0 Å². The monoisotopic (exact) mass is 281 g/mol. The molecule has 1 aliphatic carbocycles. The summed E-state index contributed by atoms with van der Waals surface area (Å²) >= 11 is 0. The second-order valence-electron chi connectivity index (χ2n) is 5.92. The number of nitrogens with one attached hydrogen (secondary N) is 1. The van der Waals surface area contributed by atoms with Gasteiger partial charge in [0, 0.05) is 25.3 Å². The highest BCUT2D eigenvalue weighted by molar-refractivity contribution is 5.52. The average Bonchev–Trinajstić information content (AvgIpc) is 3.30. The SMILES string of the molecule is Cc1ccccc1N(C)Cc1cccc(CNC2CC2)n1. The minimum atomic E-state index is 0.727. The summed E-state index contributed by atoms with van der Waals surface area (Å²) in [5, 5.41) is 3.52. The van der Waals surface area contributed by atoms with Crippen LogP contribution in [0.25, 0.3) is 0 Å². The summed E-state index contributed by atoms with van der Waals surface area (Å²) in [4.78, 5) is 7.02. The Morgan fingerprint density at radius 1 is 1.10 bits per heavy atom. The van der Waals surface area contributed by atoms with Crippen molar-refractivity contribution in [3.63, 3.8) is 0 Å². The smallest absolute Gasteiger partial charge is 0.0600 e. The summed E-state index contributed by atoms with van der Waals surface area (Å²) in [6.45, 7) is 3.87. The van der Waals surface area contributed by atoms with Crippen LogP contribution < -0.4 is 10.2 Å². The molecule has 1 aromatic carbocycles. The maximum absolute atomic E-state index is 4.76. The van der Waals surface area contributed by atoms with Gasteiger partial charge in [0.2, 0.25) is 0 Å². The molecule has 1 heterocycles. The number of aryl methyl sites for hydroxylation is 1. The number of rotatable bonds is 6. The molecule has 3 nitrogen and oxygen atoms in total. The molecular formula is C18H23N3. The van der Waals surface area contributed by atoms with Crippen molar-refractivity contribution in [3.8, 4) is 0 Å². The number of aromatic nitrogens is 1. The summed E-state index contributed by atoms with van der Waals surface area (Å²) in [6, 6.07) is 15.5. The van der Waals surface area contributed by atoms with E-state index in [0.717, 1.165) is 30.5 Å². The van der Waals surface area contributed by atoms with E-state index in [-0.39, 0.29) is 0 Å². The summed E-state index contributed by atoms with van der Waals surface area (Å²) < 4.78 is 0. The molecule has 2 aromatic rings. The van der Waals surface area contributed by atoms with E-state index in [1.807, 2.05) is 0 Å². The van der Waals surface area contributed by atoms with E-state index in [1.54, 1.807) is 0 Å². The van der Waals surface area contributed by atoms with Crippen molar-refractivity contribution in [1.29, 1.82) is 0 Å². The molecule has 1 fully saturated rings. The van der Waals surface area contributed by atoms with Gasteiger partial charge in [-0.1, -0.05) is 24.3 Å². The van der Waals surface area contributed by atoms with Gasteiger partial charge in [0.05, 0.1) is 17.9 Å². The predicted octanol–water partition coefficient (Wildman–Crippen LogP) is 3.28.